The zero-order valence-corrected chi connectivity index (χ0v) is 15.2. The Kier molecular flexibility index (Phi) is 4.60. The van der Waals surface area contributed by atoms with E-state index >= 15 is 0 Å². The number of anilines is 1. The molecule has 0 fully saturated rings. The molecule has 2 aliphatic heterocycles. The van der Waals surface area contributed by atoms with Crippen LogP contribution in [-0.4, -0.2) is 23.4 Å². The van der Waals surface area contributed by atoms with E-state index < -0.39 is 0 Å². The quantitative estimate of drug-likeness (QED) is 0.559. The van der Waals surface area contributed by atoms with Gasteiger partial charge in [0.25, 0.3) is 0 Å². The molecule has 0 N–H and O–H groups in total. The standard InChI is InChI=1S/C20H19N4OS/c1-26-23(24-11-10-21-13-19(24)14-22-16-24)18-8-5-9-20(12-18)25-15-17-6-3-2-4-7-17/h2-14,16H,15H2,1H3/q+1. The van der Waals surface area contributed by atoms with Gasteiger partial charge in [-0.2, -0.15) is 0 Å². The maximum Gasteiger partial charge on any atom is 0.226 e. The number of ether oxygens (including phenoxy) is 1. The van der Waals surface area contributed by atoms with Crippen molar-refractivity contribution >= 4 is 30.2 Å². The van der Waals surface area contributed by atoms with Crippen molar-refractivity contribution in [1.82, 2.24) is 0 Å². The Morgan fingerprint density at radius 1 is 1.08 bits per heavy atom. The van der Waals surface area contributed by atoms with E-state index in [-0.39, 0.29) is 0 Å². The van der Waals surface area contributed by atoms with Gasteiger partial charge in [0.2, 0.25) is 12.0 Å². The number of nitrogens with zero attached hydrogens (tertiary/aromatic N) is 4. The predicted molar refractivity (Wildman–Crippen MR) is 108 cm³/mol. The summed E-state index contributed by atoms with van der Waals surface area (Å²) < 4.78 is 8.54. The first kappa shape index (κ1) is 16.6. The molecular formula is C20H19N4OS+. The van der Waals surface area contributed by atoms with Crippen molar-refractivity contribution in [3.63, 3.8) is 0 Å². The summed E-state index contributed by atoms with van der Waals surface area (Å²) in [7, 11) is 0. The number of rotatable bonds is 6. The third kappa shape index (κ3) is 3.05. The molecule has 2 aromatic carbocycles. The topological polar surface area (TPSA) is 37.2 Å². The zero-order chi connectivity index (χ0) is 17.8. The van der Waals surface area contributed by atoms with Gasteiger partial charge >= 0.3 is 0 Å². The summed E-state index contributed by atoms with van der Waals surface area (Å²) in [6.45, 7) is 0.544. The maximum atomic E-state index is 5.99. The number of aliphatic imine (C=N–C) groups is 2. The Hall–Kier alpha value is -2.83. The first-order chi connectivity index (χ1) is 12.8. The van der Waals surface area contributed by atoms with Gasteiger partial charge in [0.05, 0.1) is 18.6 Å². The van der Waals surface area contributed by atoms with Gasteiger partial charge in [0.15, 0.2) is 6.20 Å². The molecule has 6 heteroatoms. The van der Waals surface area contributed by atoms with Crippen LogP contribution in [-0.2, 0) is 6.61 Å². The summed E-state index contributed by atoms with van der Waals surface area (Å²) in [5.41, 5.74) is 3.17. The molecule has 1 unspecified atom stereocenters. The second kappa shape index (κ2) is 7.19. The van der Waals surface area contributed by atoms with Gasteiger partial charge in [-0.3, -0.25) is 4.99 Å². The Morgan fingerprint density at radius 2 is 1.96 bits per heavy atom. The molecule has 5 nitrogen and oxygen atoms in total. The Bertz CT molecular complexity index is 907. The molecule has 2 heterocycles. The SMILES string of the molecule is CSN(c1cccc(OCc2ccccc2)c1)[N+]12C=CN=CC1=CN=C2. The van der Waals surface area contributed by atoms with Crippen LogP contribution in [0.4, 0.5) is 5.69 Å². The third-order valence-electron chi connectivity index (χ3n) is 4.21. The molecule has 4 rings (SSSR count). The van der Waals surface area contributed by atoms with Crippen LogP contribution >= 0.6 is 11.9 Å². The number of benzene rings is 2. The molecule has 26 heavy (non-hydrogen) atoms. The van der Waals surface area contributed by atoms with Crippen LogP contribution in [0.3, 0.4) is 0 Å². The number of allylic oxidation sites excluding steroid dienone is 1. The molecule has 0 saturated heterocycles. The summed E-state index contributed by atoms with van der Waals surface area (Å²) in [5, 5.41) is 0. The van der Waals surface area contributed by atoms with E-state index in [0.717, 1.165) is 22.7 Å². The van der Waals surface area contributed by atoms with E-state index in [9.17, 15) is 0 Å². The highest BCUT2D eigenvalue weighted by atomic mass is 32.2. The Morgan fingerprint density at radius 3 is 2.81 bits per heavy atom. The highest BCUT2D eigenvalue weighted by Gasteiger charge is 2.41. The normalized spacial score (nSPS) is 20.0. The lowest BCUT2D eigenvalue weighted by Crippen LogP contribution is -2.51. The summed E-state index contributed by atoms with van der Waals surface area (Å²) >= 11 is 1.62. The number of hydrogen-bond acceptors (Lipinski definition) is 5. The van der Waals surface area contributed by atoms with Crippen molar-refractivity contribution in [3.05, 3.63) is 84.5 Å². The maximum absolute atomic E-state index is 5.99. The van der Waals surface area contributed by atoms with Gasteiger partial charge in [0.1, 0.15) is 18.0 Å². The van der Waals surface area contributed by atoms with Gasteiger partial charge < -0.3 is 4.74 Å². The molecule has 0 bridgehead atoms. The van der Waals surface area contributed by atoms with Crippen molar-refractivity contribution < 1.29 is 9.33 Å². The van der Waals surface area contributed by atoms with E-state index in [4.69, 9.17) is 4.74 Å². The van der Waals surface area contributed by atoms with Crippen LogP contribution < -0.4 is 9.15 Å². The van der Waals surface area contributed by atoms with Gasteiger partial charge in [-0.1, -0.05) is 36.4 Å². The molecule has 0 amide bonds. The average Bonchev–Trinajstić information content (AvgIpc) is 3.13. The molecule has 0 aliphatic carbocycles. The van der Waals surface area contributed by atoms with Crippen molar-refractivity contribution in [1.29, 1.82) is 0 Å². The number of fused-ring (bicyclic) bond motifs is 1. The van der Waals surface area contributed by atoms with Crippen LogP contribution in [0, 0.1) is 0 Å². The van der Waals surface area contributed by atoms with Crippen molar-refractivity contribution in [2.75, 3.05) is 10.7 Å². The lowest BCUT2D eigenvalue weighted by Gasteiger charge is -2.37. The van der Waals surface area contributed by atoms with Crippen molar-refractivity contribution in [3.8, 4) is 5.75 Å². The lowest BCUT2D eigenvalue weighted by atomic mass is 10.2. The second-order valence-electron chi connectivity index (χ2n) is 5.86. The fraction of sp³-hybridized carbons (Fsp3) is 0.100. The van der Waals surface area contributed by atoms with Gasteiger partial charge in [-0.25, -0.2) is 4.99 Å². The molecule has 1 atom stereocenters. The summed E-state index contributed by atoms with van der Waals surface area (Å²) in [6, 6.07) is 18.3. The highest BCUT2D eigenvalue weighted by Crippen LogP contribution is 2.37. The molecule has 130 valence electrons. The van der Waals surface area contributed by atoms with Crippen LogP contribution in [0.25, 0.3) is 0 Å². The lowest BCUT2D eigenvalue weighted by molar-refractivity contribution is -0.726. The van der Waals surface area contributed by atoms with E-state index in [1.165, 1.54) is 0 Å². The molecule has 0 saturated carbocycles. The Balaban J connectivity index is 1.59. The van der Waals surface area contributed by atoms with Crippen LogP contribution in [0.15, 0.2) is 88.9 Å². The number of quaternary nitrogens is 1. The van der Waals surface area contributed by atoms with Crippen LogP contribution in [0.5, 0.6) is 5.75 Å². The predicted octanol–water partition coefficient (Wildman–Crippen LogP) is 4.52. The average molecular weight is 363 g/mol. The smallest absolute Gasteiger partial charge is 0.226 e. The van der Waals surface area contributed by atoms with E-state index in [1.54, 1.807) is 18.1 Å². The fourth-order valence-corrected chi connectivity index (χ4v) is 3.74. The van der Waals surface area contributed by atoms with Crippen LogP contribution in [0.1, 0.15) is 5.56 Å². The zero-order valence-electron chi connectivity index (χ0n) is 14.4. The first-order valence-corrected chi connectivity index (χ1v) is 9.46. The van der Waals surface area contributed by atoms with Gasteiger partial charge in [0, 0.05) is 24.3 Å². The summed E-state index contributed by atoms with van der Waals surface area (Å²) in [5.74, 6) is 0.833. The van der Waals surface area contributed by atoms with Crippen LogP contribution in [0.2, 0.25) is 0 Å². The first-order valence-electron chi connectivity index (χ1n) is 8.28. The molecule has 2 aromatic rings. The molecule has 0 aromatic heterocycles. The fourth-order valence-electron chi connectivity index (χ4n) is 2.96. The van der Waals surface area contributed by atoms with Crippen molar-refractivity contribution in [2.24, 2.45) is 9.98 Å². The largest absolute Gasteiger partial charge is 0.489 e. The Labute approximate surface area is 157 Å². The third-order valence-corrected chi connectivity index (χ3v) is 5.04. The van der Waals surface area contributed by atoms with E-state index in [0.29, 0.717) is 11.2 Å². The monoisotopic (exact) mass is 363 g/mol. The molecule has 2 aliphatic rings. The van der Waals surface area contributed by atoms with Crippen molar-refractivity contribution in [2.45, 2.75) is 6.61 Å². The minimum absolute atomic E-state index is 0.382. The minimum atomic E-state index is 0.382. The minimum Gasteiger partial charge on any atom is -0.489 e. The summed E-state index contributed by atoms with van der Waals surface area (Å²) in [4.78, 5) is 8.57. The second-order valence-corrected chi connectivity index (χ2v) is 6.57. The van der Waals surface area contributed by atoms with Gasteiger partial charge in [-0.05, 0) is 17.7 Å². The molecule has 0 spiro atoms. The van der Waals surface area contributed by atoms with Gasteiger partial charge in [-0.15, -0.1) is 9.01 Å². The number of hydrogen-bond donors (Lipinski definition) is 0. The molecular weight excluding hydrogens is 344 g/mol. The van der Waals surface area contributed by atoms with E-state index in [2.05, 4.69) is 38.7 Å². The summed E-state index contributed by atoms with van der Waals surface area (Å²) in [6.07, 6.45) is 11.4. The molecule has 0 radical (unpaired) electrons. The van der Waals surface area contributed by atoms with E-state index in [1.807, 2.05) is 61.5 Å². The highest BCUT2D eigenvalue weighted by molar-refractivity contribution is 7.99.